The Morgan fingerprint density at radius 3 is 1.76 bits per heavy atom. The van der Waals surface area contributed by atoms with E-state index in [9.17, 15) is 28.8 Å². The zero-order valence-electron chi connectivity index (χ0n) is 35.0. The Bertz CT molecular complexity index is 2480. The van der Waals surface area contributed by atoms with Crippen LogP contribution in [0.1, 0.15) is 65.6 Å². The second-order valence-corrected chi connectivity index (χ2v) is 16.0. The summed E-state index contributed by atoms with van der Waals surface area (Å²) in [6.07, 6.45) is 5.23. The van der Waals surface area contributed by atoms with Crippen LogP contribution in [-0.4, -0.2) is 69.8 Å². The first kappa shape index (κ1) is 44.7. The van der Waals surface area contributed by atoms with Crippen molar-refractivity contribution in [2.75, 3.05) is 13.6 Å². The number of fused-ring (bicyclic) bond motifs is 2. The SMILES string of the molecule is CN(NC(=O)[C@H](CC(=O)c1ccccc1)Cc1c[nH]c2ccccc12)C(=O)C[C@@H](Cc1c[nH]c2ccccc12)C(=O)N[C@H](Cc1ccccc1)C(=O)C[C@@H](CCCCN)C(N)=O. The number of aromatic nitrogens is 2. The van der Waals surface area contributed by atoms with Crippen LogP contribution < -0.4 is 22.2 Å². The van der Waals surface area contributed by atoms with Gasteiger partial charge >= 0.3 is 0 Å². The molecule has 13 nitrogen and oxygen atoms in total. The lowest BCUT2D eigenvalue weighted by Gasteiger charge is -2.26. The van der Waals surface area contributed by atoms with Crippen LogP contribution in [0.2, 0.25) is 0 Å². The number of nitrogens with two attached hydrogens (primary N) is 2. The van der Waals surface area contributed by atoms with Gasteiger partial charge in [0.05, 0.1) is 17.9 Å². The molecule has 0 saturated carbocycles. The number of Topliss-reactive ketones (excluding diaryl/α,β-unsaturated/α-hetero) is 2. The number of para-hydroxylation sites is 2. The van der Waals surface area contributed by atoms with Gasteiger partial charge in [-0.15, -0.1) is 0 Å². The standard InChI is InChI=1S/C49H55N7O6/c1-56(55-49(62)35(28-44(57)33-16-6-3-7-17-33)25-37-30-52-41-21-10-8-19-39(37)41)46(59)29-36(26-38-31-53-42-22-11-9-20-40(38)42)48(61)54-43(24-32-14-4-2-5-15-32)45(58)27-34(47(51)60)18-12-13-23-50/h2-11,14-17,19-22,30-31,34-36,43,52-53H,12-13,18,23-29,50H2,1H3,(H2,51,60)(H,54,61)(H,55,62)/t34-,35+,36-,43-/m1/s1. The number of hydrogen-bond donors (Lipinski definition) is 6. The molecule has 8 N–H and O–H groups in total. The van der Waals surface area contributed by atoms with Gasteiger partial charge in [-0.25, -0.2) is 0 Å². The van der Waals surface area contributed by atoms with Crippen molar-refractivity contribution in [3.05, 3.63) is 144 Å². The minimum absolute atomic E-state index is 0.108. The van der Waals surface area contributed by atoms with Crippen molar-refractivity contribution in [3.63, 3.8) is 0 Å². The van der Waals surface area contributed by atoms with Crippen molar-refractivity contribution in [2.45, 2.75) is 63.8 Å². The summed E-state index contributed by atoms with van der Waals surface area (Å²) in [5.41, 5.74) is 18.8. The molecule has 6 rings (SSSR count). The number of carbonyl (C=O) groups excluding carboxylic acids is 6. The Hall–Kier alpha value is -6.86. The number of ketones is 2. The van der Waals surface area contributed by atoms with E-state index in [0.29, 0.717) is 31.4 Å². The van der Waals surface area contributed by atoms with E-state index >= 15 is 0 Å². The summed E-state index contributed by atoms with van der Waals surface area (Å²) in [4.78, 5) is 89.1. The fourth-order valence-corrected chi connectivity index (χ4v) is 7.93. The van der Waals surface area contributed by atoms with Crippen LogP contribution in [-0.2, 0) is 43.2 Å². The summed E-state index contributed by atoms with van der Waals surface area (Å²) >= 11 is 0. The van der Waals surface area contributed by atoms with Gasteiger partial charge in [-0.2, -0.15) is 0 Å². The number of hydrogen-bond acceptors (Lipinski definition) is 7. The van der Waals surface area contributed by atoms with Gasteiger partial charge in [-0.05, 0) is 67.5 Å². The quantitative estimate of drug-likeness (QED) is 0.0283. The molecule has 0 aliphatic carbocycles. The maximum absolute atomic E-state index is 14.5. The third-order valence-electron chi connectivity index (χ3n) is 11.5. The van der Waals surface area contributed by atoms with Crippen molar-refractivity contribution in [1.82, 2.24) is 25.7 Å². The fraction of sp³-hybridized carbons (Fsp3) is 0.306. The molecule has 0 aliphatic rings. The van der Waals surface area contributed by atoms with Gasteiger partial charge < -0.3 is 26.8 Å². The van der Waals surface area contributed by atoms with E-state index < -0.39 is 47.4 Å². The smallest absolute Gasteiger partial charge is 0.242 e. The molecule has 4 amide bonds. The summed E-state index contributed by atoms with van der Waals surface area (Å²) < 4.78 is 0. The lowest BCUT2D eigenvalue weighted by molar-refractivity contribution is -0.143. The van der Waals surface area contributed by atoms with Gasteiger partial charge in [0.25, 0.3) is 0 Å². The number of primary amides is 1. The van der Waals surface area contributed by atoms with Gasteiger partial charge in [0.15, 0.2) is 11.6 Å². The van der Waals surface area contributed by atoms with Crippen LogP contribution in [0.15, 0.2) is 122 Å². The van der Waals surface area contributed by atoms with Crippen molar-refractivity contribution >= 4 is 57.0 Å². The Morgan fingerprint density at radius 2 is 1.18 bits per heavy atom. The van der Waals surface area contributed by atoms with E-state index in [2.05, 4.69) is 20.7 Å². The topological polar surface area (TPSA) is 213 Å². The highest BCUT2D eigenvalue weighted by Gasteiger charge is 2.32. The normalized spacial score (nSPS) is 13.2. The third kappa shape index (κ3) is 11.9. The lowest BCUT2D eigenvalue weighted by atomic mass is 9.89. The minimum Gasteiger partial charge on any atom is -0.369 e. The van der Waals surface area contributed by atoms with Crippen LogP contribution >= 0.6 is 0 Å². The number of rotatable bonds is 22. The van der Waals surface area contributed by atoms with Crippen molar-refractivity contribution < 1.29 is 28.8 Å². The van der Waals surface area contributed by atoms with Crippen LogP contribution in [0.4, 0.5) is 0 Å². The number of aromatic amines is 2. The molecule has 0 bridgehead atoms. The van der Waals surface area contributed by atoms with Gasteiger partial charge in [-0.1, -0.05) is 103 Å². The first-order valence-corrected chi connectivity index (χ1v) is 21.1. The average Bonchev–Trinajstić information content (AvgIpc) is 3.89. The highest BCUT2D eigenvalue weighted by atomic mass is 16.2. The summed E-state index contributed by atoms with van der Waals surface area (Å²) in [5, 5.41) is 5.82. The molecule has 322 valence electrons. The maximum atomic E-state index is 14.5. The summed E-state index contributed by atoms with van der Waals surface area (Å²) in [7, 11) is 1.42. The number of nitrogens with zero attached hydrogens (tertiary/aromatic N) is 1. The number of unbranched alkanes of at least 4 members (excludes halogenated alkanes) is 1. The molecule has 0 unspecified atom stereocenters. The molecule has 2 heterocycles. The summed E-state index contributed by atoms with van der Waals surface area (Å²) in [6.45, 7) is 0.445. The molecule has 0 radical (unpaired) electrons. The first-order valence-electron chi connectivity index (χ1n) is 21.1. The maximum Gasteiger partial charge on any atom is 0.242 e. The first-order chi connectivity index (χ1) is 30.0. The van der Waals surface area contributed by atoms with E-state index in [-0.39, 0.29) is 50.1 Å². The number of hydrazine groups is 1. The highest BCUT2D eigenvalue weighted by molar-refractivity contribution is 5.99. The zero-order chi connectivity index (χ0) is 44.0. The fourth-order valence-electron chi connectivity index (χ4n) is 7.93. The number of carbonyl (C=O) groups is 6. The second-order valence-electron chi connectivity index (χ2n) is 16.0. The Labute approximate surface area is 361 Å². The summed E-state index contributed by atoms with van der Waals surface area (Å²) in [6, 6.07) is 32.2. The Morgan fingerprint density at radius 1 is 0.629 bits per heavy atom. The van der Waals surface area contributed by atoms with Gasteiger partial charge in [-0.3, -0.25) is 39.2 Å². The van der Waals surface area contributed by atoms with Gasteiger partial charge in [0, 0.05) is 72.0 Å². The second kappa shape index (κ2) is 21.6. The molecule has 2 aromatic heterocycles. The number of benzene rings is 4. The Balaban J connectivity index is 1.23. The summed E-state index contributed by atoms with van der Waals surface area (Å²) in [5.74, 6) is -5.35. The van der Waals surface area contributed by atoms with Crippen molar-refractivity contribution in [1.29, 1.82) is 0 Å². The molecule has 4 aromatic carbocycles. The molecular formula is C49H55N7O6. The van der Waals surface area contributed by atoms with Crippen LogP contribution in [0.3, 0.4) is 0 Å². The van der Waals surface area contributed by atoms with E-state index in [0.717, 1.165) is 43.5 Å². The molecule has 0 spiro atoms. The van der Waals surface area contributed by atoms with E-state index in [4.69, 9.17) is 11.5 Å². The molecular weight excluding hydrogens is 783 g/mol. The molecule has 13 heteroatoms. The minimum atomic E-state index is -1.02. The molecule has 6 aromatic rings. The third-order valence-corrected chi connectivity index (χ3v) is 11.5. The average molecular weight is 838 g/mol. The van der Waals surface area contributed by atoms with Gasteiger partial charge in [0.2, 0.25) is 23.6 Å². The van der Waals surface area contributed by atoms with E-state index in [1.807, 2.05) is 91.1 Å². The van der Waals surface area contributed by atoms with Crippen molar-refractivity contribution in [3.8, 4) is 0 Å². The molecule has 0 fully saturated rings. The monoisotopic (exact) mass is 837 g/mol. The predicted molar refractivity (Wildman–Crippen MR) is 239 cm³/mol. The Kier molecular flexibility index (Phi) is 15.6. The van der Waals surface area contributed by atoms with Crippen LogP contribution in [0.5, 0.6) is 0 Å². The van der Waals surface area contributed by atoms with Gasteiger partial charge in [0.1, 0.15) is 0 Å². The van der Waals surface area contributed by atoms with Crippen LogP contribution in [0, 0.1) is 17.8 Å². The zero-order valence-corrected chi connectivity index (χ0v) is 35.0. The number of H-pyrrole nitrogens is 2. The predicted octanol–water partition coefficient (Wildman–Crippen LogP) is 5.74. The molecule has 62 heavy (non-hydrogen) atoms. The molecule has 4 atom stereocenters. The molecule has 0 saturated heterocycles. The highest BCUT2D eigenvalue weighted by Crippen LogP contribution is 2.26. The van der Waals surface area contributed by atoms with Crippen LogP contribution in [0.25, 0.3) is 21.8 Å². The number of nitrogens with one attached hydrogen (secondary N) is 4. The lowest BCUT2D eigenvalue weighted by Crippen LogP contribution is -2.49. The number of amides is 4. The molecule has 0 aliphatic heterocycles. The van der Waals surface area contributed by atoms with E-state index in [1.165, 1.54) is 7.05 Å². The van der Waals surface area contributed by atoms with Crippen molar-refractivity contribution in [2.24, 2.45) is 29.2 Å². The largest absolute Gasteiger partial charge is 0.369 e. The van der Waals surface area contributed by atoms with E-state index in [1.54, 1.807) is 30.5 Å².